The third kappa shape index (κ3) is 4.78. The number of morpholine rings is 1. The molecule has 1 aliphatic heterocycles. The van der Waals surface area contributed by atoms with Crippen LogP contribution in [0.4, 0.5) is 0 Å². The molecule has 24 heavy (non-hydrogen) atoms. The minimum Gasteiger partial charge on any atom is -0.481 e. The van der Waals surface area contributed by atoms with Crippen molar-refractivity contribution in [2.75, 3.05) is 25.4 Å². The Balaban J connectivity index is 1.98. The van der Waals surface area contributed by atoms with E-state index in [1.165, 1.54) is 12.1 Å². The Morgan fingerprint density at radius 1 is 1.29 bits per heavy atom. The van der Waals surface area contributed by atoms with Crippen molar-refractivity contribution >= 4 is 21.7 Å². The lowest BCUT2D eigenvalue weighted by Gasteiger charge is -2.32. The second kappa shape index (κ2) is 7.76. The number of benzene rings is 1. The number of carbonyl (C=O) groups excluding carboxylic acids is 1. The molecule has 1 aliphatic rings. The minimum atomic E-state index is -3.25. The molecule has 1 aromatic carbocycles. The van der Waals surface area contributed by atoms with E-state index in [-0.39, 0.29) is 35.9 Å². The van der Waals surface area contributed by atoms with Gasteiger partial charge in [-0.1, -0.05) is 19.1 Å². The average molecular weight is 355 g/mol. The van der Waals surface area contributed by atoms with Crippen LogP contribution in [0, 0.1) is 0 Å². The maximum atomic E-state index is 12.3. The summed E-state index contributed by atoms with van der Waals surface area (Å²) in [5.74, 6) is -1.05. The monoisotopic (exact) mass is 355 g/mol. The van der Waals surface area contributed by atoms with Gasteiger partial charge < -0.3 is 14.7 Å². The molecular formula is C16H21NO6S. The summed E-state index contributed by atoms with van der Waals surface area (Å²) in [7, 11) is -3.25. The van der Waals surface area contributed by atoms with Crippen LogP contribution in [0.5, 0.6) is 0 Å². The minimum absolute atomic E-state index is 0.0318. The largest absolute Gasteiger partial charge is 0.481 e. The summed E-state index contributed by atoms with van der Waals surface area (Å²) < 4.78 is 28.9. The third-order valence-electron chi connectivity index (χ3n) is 3.91. The van der Waals surface area contributed by atoms with Crippen LogP contribution in [-0.4, -0.2) is 61.9 Å². The normalized spacial score (nSPS) is 18.4. The van der Waals surface area contributed by atoms with Crippen LogP contribution in [0.15, 0.2) is 29.2 Å². The number of ether oxygens (including phenoxy) is 1. The number of carboxylic acids is 1. The van der Waals surface area contributed by atoms with Crippen LogP contribution < -0.4 is 0 Å². The Kier molecular flexibility index (Phi) is 5.95. The van der Waals surface area contributed by atoms with Crippen molar-refractivity contribution in [1.82, 2.24) is 4.90 Å². The smallest absolute Gasteiger partial charge is 0.306 e. The molecule has 132 valence electrons. The Hall–Kier alpha value is -1.93. The number of carbonyl (C=O) groups is 2. The van der Waals surface area contributed by atoms with Crippen molar-refractivity contribution in [2.45, 2.75) is 30.8 Å². The number of carboxylic acid groups (broad SMARTS) is 1. The lowest BCUT2D eigenvalue weighted by atomic mass is 10.1. The van der Waals surface area contributed by atoms with E-state index in [0.29, 0.717) is 13.2 Å². The quantitative estimate of drug-likeness (QED) is 0.807. The SMILES string of the molecule is CCS(=O)(=O)c1ccc(CC(=O)N2CCOC(CC(=O)O)C2)cc1. The maximum absolute atomic E-state index is 12.3. The highest BCUT2D eigenvalue weighted by Gasteiger charge is 2.25. The molecule has 0 aliphatic carbocycles. The van der Waals surface area contributed by atoms with Gasteiger partial charge in [0.05, 0.1) is 36.2 Å². The predicted octanol–water partition coefficient (Wildman–Crippen LogP) is 0.725. The van der Waals surface area contributed by atoms with Gasteiger partial charge in [-0.05, 0) is 17.7 Å². The van der Waals surface area contributed by atoms with Gasteiger partial charge in [0.2, 0.25) is 5.91 Å². The average Bonchev–Trinajstić information content (AvgIpc) is 2.55. The van der Waals surface area contributed by atoms with Crippen molar-refractivity contribution < 1.29 is 27.9 Å². The van der Waals surface area contributed by atoms with E-state index in [1.54, 1.807) is 24.0 Å². The van der Waals surface area contributed by atoms with Gasteiger partial charge >= 0.3 is 5.97 Å². The Morgan fingerprint density at radius 3 is 2.54 bits per heavy atom. The molecule has 0 bridgehead atoms. The molecule has 1 fully saturated rings. The molecule has 1 aromatic rings. The van der Waals surface area contributed by atoms with Gasteiger partial charge in [-0.25, -0.2) is 8.42 Å². The van der Waals surface area contributed by atoms with Gasteiger partial charge in [-0.2, -0.15) is 0 Å². The van der Waals surface area contributed by atoms with Crippen LogP contribution in [0.3, 0.4) is 0 Å². The summed E-state index contributed by atoms with van der Waals surface area (Å²) in [4.78, 5) is 24.9. The number of hydrogen-bond acceptors (Lipinski definition) is 5. The fourth-order valence-corrected chi connectivity index (χ4v) is 3.42. The highest BCUT2D eigenvalue weighted by atomic mass is 32.2. The molecule has 1 unspecified atom stereocenters. The standard InChI is InChI=1S/C16H21NO6S/c1-2-24(21,22)14-5-3-12(4-6-14)9-15(18)17-7-8-23-13(11-17)10-16(19)20/h3-6,13H,2,7-11H2,1H3,(H,19,20). The van der Waals surface area contributed by atoms with E-state index in [2.05, 4.69) is 0 Å². The molecule has 1 saturated heterocycles. The Bertz CT molecular complexity index is 698. The summed E-state index contributed by atoms with van der Waals surface area (Å²) >= 11 is 0. The van der Waals surface area contributed by atoms with Crippen LogP contribution in [0.25, 0.3) is 0 Å². The molecule has 2 rings (SSSR count). The van der Waals surface area contributed by atoms with Gasteiger partial charge in [-0.3, -0.25) is 9.59 Å². The number of amides is 1. The number of hydrogen-bond donors (Lipinski definition) is 1. The topological polar surface area (TPSA) is 101 Å². The van der Waals surface area contributed by atoms with Gasteiger partial charge in [0.25, 0.3) is 0 Å². The number of nitrogens with zero attached hydrogens (tertiary/aromatic N) is 1. The molecule has 1 amide bonds. The first-order valence-corrected chi connectivity index (χ1v) is 9.40. The summed E-state index contributed by atoms with van der Waals surface area (Å²) in [5.41, 5.74) is 0.719. The van der Waals surface area contributed by atoms with E-state index < -0.39 is 21.9 Å². The van der Waals surface area contributed by atoms with Crippen LogP contribution in [0.2, 0.25) is 0 Å². The summed E-state index contributed by atoms with van der Waals surface area (Å²) in [6.07, 6.45) is -0.475. The molecule has 1 heterocycles. The predicted molar refractivity (Wildman–Crippen MR) is 86.4 cm³/mol. The first kappa shape index (κ1) is 18.4. The van der Waals surface area contributed by atoms with Crippen molar-refractivity contribution in [2.24, 2.45) is 0 Å². The summed E-state index contributed by atoms with van der Waals surface area (Å²) in [5, 5.41) is 8.81. The second-order valence-electron chi connectivity index (χ2n) is 5.65. The lowest BCUT2D eigenvalue weighted by molar-refractivity contribution is -0.147. The van der Waals surface area contributed by atoms with Gasteiger partial charge in [0, 0.05) is 13.1 Å². The first-order chi connectivity index (χ1) is 11.3. The molecule has 0 saturated carbocycles. The van der Waals surface area contributed by atoms with Crippen LogP contribution in [-0.2, 0) is 30.6 Å². The van der Waals surface area contributed by atoms with Crippen LogP contribution >= 0.6 is 0 Å². The number of sulfone groups is 1. The second-order valence-corrected chi connectivity index (χ2v) is 7.93. The highest BCUT2D eigenvalue weighted by Crippen LogP contribution is 2.15. The zero-order valence-corrected chi connectivity index (χ0v) is 14.3. The van der Waals surface area contributed by atoms with Gasteiger partial charge in [-0.15, -0.1) is 0 Å². The summed E-state index contributed by atoms with van der Waals surface area (Å²) in [6, 6.07) is 6.28. The van der Waals surface area contributed by atoms with Gasteiger partial charge in [0.1, 0.15) is 0 Å². The number of aliphatic carboxylic acids is 1. The molecular weight excluding hydrogens is 334 g/mol. The van der Waals surface area contributed by atoms with E-state index in [1.807, 2.05) is 0 Å². The summed E-state index contributed by atoms with van der Waals surface area (Å²) in [6.45, 7) is 2.58. The zero-order chi connectivity index (χ0) is 17.7. The molecule has 0 aromatic heterocycles. The fraction of sp³-hybridized carbons (Fsp3) is 0.500. The lowest BCUT2D eigenvalue weighted by Crippen LogP contribution is -2.46. The van der Waals surface area contributed by atoms with E-state index in [9.17, 15) is 18.0 Å². The van der Waals surface area contributed by atoms with E-state index >= 15 is 0 Å². The van der Waals surface area contributed by atoms with Gasteiger partial charge in [0.15, 0.2) is 9.84 Å². The highest BCUT2D eigenvalue weighted by molar-refractivity contribution is 7.91. The first-order valence-electron chi connectivity index (χ1n) is 7.74. The fourth-order valence-electron chi connectivity index (χ4n) is 2.53. The molecule has 7 nitrogen and oxygen atoms in total. The Morgan fingerprint density at radius 2 is 1.96 bits per heavy atom. The molecule has 1 atom stereocenters. The third-order valence-corrected chi connectivity index (χ3v) is 5.66. The van der Waals surface area contributed by atoms with Crippen molar-refractivity contribution in [3.63, 3.8) is 0 Å². The van der Waals surface area contributed by atoms with Crippen molar-refractivity contribution in [3.05, 3.63) is 29.8 Å². The maximum Gasteiger partial charge on any atom is 0.306 e. The van der Waals surface area contributed by atoms with Crippen molar-refractivity contribution in [3.8, 4) is 0 Å². The van der Waals surface area contributed by atoms with E-state index in [0.717, 1.165) is 5.56 Å². The van der Waals surface area contributed by atoms with E-state index in [4.69, 9.17) is 9.84 Å². The molecule has 8 heteroatoms. The molecule has 1 N–H and O–H groups in total. The Labute approximate surface area is 141 Å². The molecule has 0 spiro atoms. The molecule has 0 radical (unpaired) electrons. The number of rotatable bonds is 6. The van der Waals surface area contributed by atoms with Crippen molar-refractivity contribution in [1.29, 1.82) is 0 Å². The zero-order valence-electron chi connectivity index (χ0n) is 13.5. The van der Waals surface area contributed by atoms with Crippen LogP contribution in [0.1, 0.15) is 18.9 Å².